The van der Waals surface area contributed by atoms with Gasteiger partial charge in [0.2, 0.25) is 10.0 Å². The highest BCUT2D eigenvalue weighted by Crippen LogP contribution is 2.20. The van der Waals surface area contributed by atoms with Crippen LogP contribution in [0.25, 0.3) is 0 Å². The van der Waals surface area contributed by atoms with Crippen LogP contribution in [0.5, 0.6) is 0 Å². The third-order valence-electron chi connectivity index (χ3n) is 4.75. The third-order valence-corrected chi connectivity index (χ3v) is 6.82. The summed E-state index contributed by atoms with van der Waals surface area (Å²) in [6.45, 7) is 6.53. The summed E-state index contributed by atoms with van der Waals surface area (Å²) in [7, 11) is -3.51. The Kier molecular flexibility index (Phi) is 7.96. The summed E-state index contributed by atoms with van der Waals surface area (Å²) in [5, 5.41) is 5.38. The summed E-state index contributed by atoms with van der Waals surface area (Å²) in [4.78, 5) is 23.5. The zero-order valence-electron chi connectivity index (χ0n) is 17.4. The monoisotopic (exact) mass is 432 g/mol. The topological polar surface area (TPSA) is 122 Å². The Morgan fingerprint density at radius 3 is 2.07 bits per heavy atom. The number of sulfonamides is 1. The predicted molar refractivity (Wildman–Crippen MR) is 115 cm³/mol. The lowest BCUT2D eigenvalue weighted by Gasteiger charge is -2.19. The molecule has 0 bridgehead atoms. The van der Waals surface area contributed by atoms with Gasteiger partial charge in [-0.3, -0.25) is 4.79 Å². The van der Waals surface area contributed by atoms with Gasteiger partial charge in [-0.1, -0.05) is 38.1 Å². The van der Waals surface area contributed by atoms with Crippen molar-refractivity contribution in [3.63, 3.8) is 0 Å². The number of carbonyl (C=O) groups is 2. The van der Waals surface area contributed by atoms with Gasteiger partial charge in [0, 0.05) is 25.2 Å². The lowest BCUT2D eigenvalue weighted by molar-refractivity contribution is 0.0939. The van der Waals surface area contributed by atoms with E-state index in [0.717, 1.165) is 11.1 Å². The van der Waals surface area contributed by atoms with Crippen molar-refractivity contribution < 1.29 is 18.0 Å². The van der Waals surface area contributed by atoms with Gasteiger partial charge in [-0.15, -0.1) is 0 Å². The largest absolute Gasteiger partial charge is 0.352 e. The van der Waals surface area contributed by atoms with E-state index in [1.807, 2.05) is 6.92 Å². The van der Waals surface area contributed by atoms with Crippen LogP contribution in [0.3, 0.4) is 0 Å². The smallest absolute Gasteiger partial charge is 0.312 e. The maximum absolute atomic E-state index is 12.6. The molecule has 0 radical (unpaired) electrons. The van der Waals surface area contributed by atoms with E-state index in [1.54, 1.807) is 62.4 Å². The Bertz CT molecular complexity index is 969. The fourth-order valence-electron chi connectivity index (χ4n) is 2.97. The summed E-state index contributed by atoms with van der Waals surface area (Å²) in [5.41, 5.74) is 7.14. The molecule has 30 heavy (non-hydrogen) atoms. The highest BCUT2D eigenvalue weighted by molar-refractivity contribution is 7.89. The van der Waals surface area contributed by atoms with Crippen LogP contribution in [-0.2, 0) is 16.6 Å². The highest BCUT2D eigenvalue weighted by atomic mass is 32.2. The summed E-state index contributed by atoms with van der Waals surface area (Å²) in [5.74, 6) is -0.253. The molecule has 2 rings (SSSR count). The summed E-state index contributed by atoms with van der Waals surface area (Å²) in [6.07, 6.45) is 0. The molecule has 0 aromatic heterocycles. The van der Waals surface area contributed by atoms with Crippen molar-refractivity contribution in [2.45, 2.75) is 38.3 Å². The van der Waals surface area contributed by atoms with Gasteiger partial charge in [-0.25, -0.2) is 13.2 Å². The average molecular weight is 433 g/mol. The van der Waals surface area contributed by atoms with Gasteiger partial charge in [0.05, 0.1) is 10.9 Å². The molecule has 0 aliphatic rings. The second kappa shape index (κ2) is 10.2. The Labute approximate surface area is 177 Å². The number of hydrogen-bond donors (Lipinski definition) is 3. The maximum Gasteiger partial charge on any atom is 0.312 e. The number of hydrogen-bond acceptors (Lipinski definition) is 4. The van der Waals surface area contributed by atoms with Crippen molar-refractivity contribution in [2.75, 3.05) is 13.1 Å². The lowest BCUT2D eigenvalue weighted by atomic mass is 10.1. The molecule has 9 heteroatoms. The van der Waals surface area contributed by atoms with Crippen molar-refractivity contribution in [1.82, 2.24) is 14.9 Å². The third kappa shape index (κ3) is 5.80. The number of benzene rings is 2. The number of nitrogens with two attached hydrogens (primary N) is 1. The van der Waals surface area contributed by atoms with Crippen LogP contribution in [0.15, 0.2) is 53.4 Å². The minimum absolute atomic E-state index is 0.230. The van der Waals surface area contributed by atoms with Gasteiger partial charge in [-0.05, 0) is 42.3 Å². The number of primary amides is 1. The van der Waals surface area contributed by atoms with Gasteiger partial charge in [0.25, 0.3) is 5.91 Å². The molecule has 1 atom stereocenters. The molecule has 0 spiro atoms. The number of urea groups is 1. The molecule has 0 heterocycles. The Hall–Kier alpha value is -2.91. The maximum atomic E-state index is 12.6. The van der Waals surface area contributed by atoms with Gasteiger partial charge >= 0.3 is 6.03 Å². The molecule has 4 N–H and O–H groups in total. The van der Waals surface area contributed by atoms with Crippen molar-refractivity contribution in [3.8, 4) is 0 Å². The van der Waals surface area contributed by atoms with Crippen LogP contribution in [0, 0.1) is 0 Å². The zero-order valence-corrected chi connectivity index (χ0v) is 18.2. The van der Waals surface area contributed by atoms with E-state index in [2.05, 4.69) is 10.6 Å². The SMILES string of the molecule is CCN(CC)S(=O)(=O)c1ccc(C(C)NC(=O)c2ccc(CNC(N)=O)cc2)cc1. The number of amides is 3. The van der Waals surface area contributed by atoms with E-state index < -0.39 is 16.1 Å². The minimum Gasteiger partial charge on any atom is -0.352 e. The van der Waals surface area contributed by atoms with Gasteiger partial charge < -0.3 is 16.4 Å². The second-order valence-corrected chi connectivity index (χ2v) is 8.71. The van der Waals surface area contributed by atoms with Crippen molar-refractivity contribution in [2.24, 2.45) is 5.73 Å². The first kappa shape index (κ1) is 23.4. The first-order chi connectivity index (χ1) is 14.2. The van der Waals surface area contributed by atoms with Gasteiger partial charge in [-0.2, -0.15) is 4.31 Å². The fourth-order valence-corrected chi connectivity index (χ4v) is 4.43. The van der Waals surface area contributed by atoms with Gasteiger partial charge in [0.1, 0.15) is 0 Å². The quantitative estimate of drug-likeness (QED) is 0.563. The van der Waals surface area contributed by atoms with Crippen molar-refractivity contribution in [3.05, 3.63) is 65.2 Å². The van der Waals surface area contributed by atoms with E-state index in [0.29, 0.717) is 18.7 Å². The van der Waals surface area contributed by atoms with Crippen LogP contribution >= 0.6 is 0 Å². The number of carbonyl (C=O) groups excluding carboxylic acids is 2. The number of nitrogens with zero attached hydrogens (tertiary/aromatic N) is 1. The molecule has 162 valence electrons. The Morgan fingerprint density at radius 2 is 1.57 bits per heavy atom. The standard InChI is InChI=1S/C21H28N4O4S/c1-4-25(5-2)30(28,29)19-12-10-17(11-13-19)15(3)24-20(26)18-8-6-16(7-9-18)14-23-21(22)27/h6-13,15H,4-5,14H2,1-3H3,(H,24,26)(H3,22,23,27). The molecule has 0 fully saturated rings. The van der Waals surface area contributed by atoms with Gasteiger partial charge in [0.15, 0.2) is 0 Å². The molecule has 8 nitrogen and oxygen atoms in total. The fraction of sp³-hybridized carbons (Fsp3) is 0.333. The van der Waals surface area contributed by atoms with Crippen LogP contribution in [-0.4, -0.2) is 37.8 Å². The first-order valence-electron chi connectivity index (χ1n) is 9.72. The normalized spacial score (nSPS) is 12.4. The Balaban J connectivity index is 2.04. The van der Waals surface area contributed by atoms with E-state index in [9.17, 15) is 18.0 Å². The molecule has 3 amide bonds. The molecule has 0 aliphatic carbocycles. The minimum atomic E-state index is -3.51. The molecular weight excluding hydrogens is 404 g/mol. The zero-order chi connectivity index (χ0) is 22.3. The highest BCUT2D eigenvalue weighted by Gasteiger charge is 2.21. The van der Waals surface area contributed by atoms with Crippen LogP contribution in [0.1, 0.15) is 48.3 Å². The second-order valence-electron chi connectivity index (χ2n) is 6.77. The van der Waals surface area contributed by atoms with Crippen LogP contribution < -0.4 is 16.4 Å². The molecule has 1 unspecified atom stereocenters. The molecule has 0 saturated heterocycles. The molecule has 2 aromatic carbocycles. The number of nitrogens with one attached hydrogen (secondary N) is 2. The molecule has 2 aromatic rings. The number of rotatable bonds is 9. The average Bonchev–Trinajstić information content (AvgIpc) is 2.73. The van der Waals surface area contributed by atoms with Crippen LogP contribution in [0.2, 0.25) is 0 Å². The molecular formula is C21H28N4O4S. The molecule has 0 saturated carbocycles. The van der Waals surface area contributed by atoms with E-state index in [1.165, 1.54) is 4.31 Å². The summed E-state index contributed by atoms with van der Waals surface area (Å²) < 4.78 is 26.6. The van der Waals surface area contributed by atoms with E-state index in [-0.39, 0.29) is 23.4 Å². The van der Waals surface area contributed by atoms with E-state index in [4.69, 9.17) is 5.73 Å². The Morgan fingerprint density at radius 1 is 1.00 bits per heavy atom. The van der Waals surface area contributed by atoms with Crippen molar-refractivity contribution in [1.29, 1.82) is 0 Å². The lowest BCUT2D eigenvalue weighted by Crippen LogP contribution is -2.30. The predicted octanol–water partition coefficient (Wildman–Crippen LogP) is 2.38. The van der Waals surface area contributed by atoms with Crippen LogP contribution in [0.4, 0.5) is 4.79 Å². The van der Waals surface area contributed by atoms with E-state index >= 15 is 0 Å². The summed E-state index contributed by atoms with van der Waals surface area (Å²) in [6, 6.07) is 12.4. The summed E-state index contributed by atoms with van der Waals surface area (Å²) >= 11 is 0. The van der Waals surface area contributed by atoms with Crippen molar-refractivity contribution >= 4 is 22.0 Å². The molecule has 0 aliphatic heterocycles. The first-order valence-corrected chi connectivity index (χ1v) is 11.2.